The number of halogens is 6. The van der Waals surface area contributed by atoms with Crippen LogP contribution in [0.1, 0.15) is 5.82 Å². The lowest BCUT2D eigenvalue weighted by Gasteiger charge is -2.03. The molecule has 0 bridgehead atoms. The van der Waals surface area contributed by atoms with E-state index in [9.17, 15) is 31.1 Å². The second-order valence-corrected chi connectivity index (χ2v) is 4.01. The third kappa shape index (κ3) is 1.84. The van der Waals surface area contributed by atoms with Crippen LogP contribution in [0.5, 0.6) is 0 Å². The molecule has 0 saturated heterocycles. The molecule has 3 rings (SSSR count). The average Bonchev–Trinajstić information content (AvgIpc) is 2.79. The molecule has 1 N–H and O–H groups in total. The number of nitrogens with zero attached hydrogens (tertiary/aromatic N) is 3. The number of alkyl halides is 3. The van der Waals surface area contributed by atoms with Gasteiger partial charge in [-0.3, -0.25) is 9.78 Å². The molecule has 1 aromatic carbocycles. The standard InChI is InChI=1S/C10H2F6N4O/c11-3-1-2-6(5(13)4(3)12)20-9(17-7(2)21)18-8(19-20)10(14,15)16/h1H,(H,17,18,19,21). The fourth-order valence-corrected chi connectivity index (χ4v) is 1.80. The van der Waals surface area contributed by atoms with Crippen molar-refractivity contribution in [3.63, 3.8) is 0 Å². The molecule has 0 fully saturated rings. The largest absolute Gasteiger partial charge is 0.453 e. The molecule has 0 aliphatic rings. The Balaban J connectivity index is 2.56. The van der Waals surface area contributed by atoms with E-state index in [1.807, 2.05) is 4.98 Å². The number of hydrogen-bond donors (Lipinski definition) is 1. The predicted molar refractivity (Wildman–Crippen MR) is 56.0 cm³/mol. The van der Waals surface area contributed by atoms with E-state index in [1.54, 1.807) is 0 Å². The van der Waals surface area contributed by atoms with Crippen molar-refractivity contribution in [1.82, 2.24) is 19.6 Å². The molecule has 11 heteroatoms. The molecule has 0 aliphatic carbocycles. The Kier molecular flexibility index (Phi) is 2.53. The van der Waals surface area contributed by atoms with Crippen molar-refractivity contribution in [2.75, 3.05) is 0 Å². The van der Waals surface area contributed by atoms with Crippen LogP contribution in [0.2, 0.25) is 0 Å². The van der Waals surface area contributed by atoms with Crippen LogP contribution in [0, 0.1) is 17.5 Å². The van der Waals surface area contributed by atoms with Crippen LogP contribution in [0.15, 0.2) is 10.9 Å². The molecule has 0 atom stereocenters. The summed E-state index contributed by atoms with van der Waals surface area (Å²) in [5, 5.41) is 2.27. The minimum Gasteiger partial charge on any atom is -0.290 e. The second-order valence-electron chi connectivity index (χ2n) is 4.01. The van der Waals surface area contributed by atoms with Crippen LogP contribution >= 0.6 is 0 Å². The van der Waals surface area contributed by atoms with Gasteiger partial charge in [0.2, 0.25) is 5.78 Å². The molecule has 21 heavy (non-hydrogen) atoms. The summed E-state index contributed by atoms with van der Waals surface area (Å²) in [5.74, 6) is -7.82. The van der Waals surface area contributed by atoms with Gasteiger partial charge in [0.15, 0.2) is 17.5 Å². The minimum absolute atomic E-state index is 0.261. The van der Waals surface area contributed by atoms with Gasteiger partial charge >= 0.3 is 6.18 Å². The monoisotopic (exact) mass is 308 g/mol. The first-order valence-corrected chi connectivity index (χ1v) is 5.23. The van der Waals surface area contributed by atoms with E-state index in [-0.39, 0.29) is 4.52 Å². The van der Waals surface area contributed by atoms with Gasteiger partial charge in [0.1, 0.15) is 5.52 Å². The highest BCUT2D eigenvalue weighted by molar-refractivity contribution is 5.80. The molecule has 2 heterocycles. The summed E-state index contributed by atoms with van der Waals surface area (Å²) in [5.41, 5.74) is -2.06. The summed E-state index contributed by atoms with van der Waals surface area (Å²) in [4.78, 5) is 16.4. The number of aromatic amines is 1. The fraction of sp³-hybridized carbons (Fsp3) is 0.100. The lowest BCUT2D eigenvalue weighted by Crippen LogP contribution is -2.13. The van der Waals surface area contributed by atoms with Crippen molar-refractivity contribution in [3.05, 3.63) is 39.7 Å². The van der Waals surface area contributed by atoms with E-state index < -0.39 is 51.7 Å². The van der Waals surface area contributed by atoms with Gasteiger partial charge in [-0.25, -0.2) is 13.2 Å². The lowest BCUT2D eigenvalue weighted by atomic mass is 10.2. The van der Waals surface area contributed by atoms with Gasteiger partial charge in [-0.05, 0) is 6.07 Å². The summed E-state index contributed by atoms with van der Waals surface area (Å²) in [6, 6.07) is 0.362. The smallest absolute Gasteiger partial charge is 0.290 e. The summed E-state index contributed by atoms with van der Waals surface area (Å²) in [6.45, 7) is 0. The summed E-state index contributed by atoms with van der Waals surface area (Å²) in [7, 11) is 0. The summed E-state index contributed by atoms with van der Waals surface area (Å²) in [6.07, 6.45) is -4.95. The molecule has 0 spiro atoms. The van der Waals surface area contributed by atoms with Gasteiger partial charge in [0, 0.05) is 0 Å². The van der Waals surface area contributed by atoms with Crippen LogP contribution in [0.25, 0.3) is 16.7 Å². The zero-order valence-electron chi connectivity index (χ0n) is 9.60. The maximum atomic E-state index is 13.7. The first-order chi connectivity index (χ1) is 9.70. The molecule has 0 unspecified atom stereocenters. The van der Waals surface area contributed by atoms with Gasteiger partial charge in [0.25, 0.3) is 11.4 Å². The van der Waals surface area contributed by atoms with Gasteiger partial charge in [0.05, 0.1) is 5.39 Å². The molecular formula is C10H2F6N4O. The molecule has 0 saturated carbocycles. The molecule has 5 nitrogen and oxygen atoms in total. The normalized spacial score (nSPS) is 12.5. The Morgan fingerprint density at radius 1 is 1.14 bits per heavy atom. The van der Waals surface area contributed by atoms with Crippen molar-refractivity contribution < 1.29 is 26.3 Å². The predicted octanol–water partition coefficient (Wildman–Crippen LogP) is 2.01. The Morgan fingerprint density at radius 3 is 2.43 bits per heavy atom. The molecular weight excluding hydrogens is 306 g/mol. The third-order valence-corrected chi connectivity index (χ3v) is 2.68. The number of rotatable bonds is 0. The highest BCUT2D eigenvalue weighted by Crippen LogP contribution is 2.27. The van der Waals surface area contributed by atoms with Crippen molar-refractivity contribution in [1.29, 1.82) is 0 Å². The number of hydrogen-bond acceptors (Lipinski definition) is 3. The summed E-state index contributed by atoms with van der Waals surface area (Å²) < 4.78 is 77.8. The maximum absolute atomic E-state index is 13.7. The lowest BCUT2D eigenvalue weighted by molar-refractivity contribution is -0.144. The number of nitrogens with one attached hydrogen (secondary N) is 1. The molecule has 2 aromatic heterocycles. The van der Waals surface area contributed by atoms with E-state index in [4.69, 9.17) is 0 Å². The fourth-order valence-electron chi connectivity index (χ4n) is 1.80. The first-order valence-electron chi connectivity index (χ1n) is 5.23. The Labute approximate surface area is 109 Å². The zero-order valence-corrected chi connectivity index (χ0v) is 9.60. The van der Waals surface area contributed by atoms with Crippen molar-refractivity contribution in [2.45, 2.75) is 6.18 Å². The Bertz CT molecular complexity index is 941. The van der Waals surface area contributed by atoms with Crippen molar-refractivity contribution in [3.8, 4) is 0 Å². The maximum Gasteiger partial charge on any atom is 0.453 e. The van der Waals surface area contributed by atoms with E-state index in [2.05, 4.69) is 10.1 Å². The van der Waals surface area contributed by atoms with Crippen LogP contribution in [-0.2, 0) is 6.18 Å². The molecule has 3 aromatic rings. The van der Waals surface area contributed by atoms with Gasteiger partial charge in [-0.15, -0.1) is 5.10 Å². The molecule has 0 radical (unpaired) electrons. The number of fused-ring (bicyclic) bond motifs is 3. The van der Waals surface area contributed by atoms with Gasteiger partial charge in [-0.1, -0.05) is 0 Å². The quantitative estimate of drug-likeness (QED) is 0.510. The van der Waals surface area contributed by atoms with Crippen LogP contribution in [-0.4, -0.2) is 19.6 Å². The van der Waals surface area contributed by atoms with Gasteiger partial charge < -0.3 is 0 Å². The van der Waals surface area contributed by atoms with E-state index in [0.29, 0.717) is 6.07 Å². The third-order valence-electron chi connectivity index (χ3n) is 2.68. The Hall–Kier alpha value is -2.59. The highest BCUT2D eigenvalue weighted by Gasteiger charge is 2.37. The average molecular weight is 308 g/mol. The number of aromatic nitrogens is 4. The molecule has 0 aliphatic heterocycles. The molecule has 110 valence electrons. The highest BCUT2D eigenvalue weighted by atomic mass is 19.4. The first kappa shape index (κ1) is 13.4. The minimum atomic E-state index is -4.95. The SMILES string of the molecule is O=c1[nH]c2nc(C(F)(F)F)nn2c2c(F)c(F)c(F)cc12. The van der Waals surface area contributed by atoms with Crippen LogP contribution in [0.4, 0.5) is 26.3 Å². The van der Waals surface area contributed by atoms with E-state index in [0.717, 1.165) is 0 Å². The Morgan fingerprint density at radius 2 is 1.81 bits per heavy atom. The second kappa shape index (κ2) is 3.96. The van der Waals surface area contributed by atoms with Crippen LogP contribution < -0.4 is 5.56 Å². The molecule has 0 amide bonds. The number of benzene rings is 1. The topological polar surface area (TPSA) is 63.0 Å². The van der Waals surface area contributed by atoms with Crippen molar-refractivity contribution in [2.24, 2.45) is 0 Å². The number of H-pyrrole nitrogens is 1. The zero-order chi connectivity index (χ0) is 15.5. The van der Waals surface area contributed by atoms with E-state index >= 15 is 0 Å². The van der Waals surface area contributed by atoms with Gasteiger partial charge in [-0.2, -0.15) is 22.7 Å². The van der Waals surface area contributed by atoms with Crippen molar-refractivity contribution >= 4 is 16.7 Å². The summed E-state index contributed by atoms with van der Waals surface area (Å²) >= 11 is 0. The van der Waals surface area contributed by atoms with Crippen LogP contribution in [0.3, 0.4) is 0 Å². The van der Waals surface area contributed by atoms with E-state index in [1.165, 1.54) is 0 Å².